The fourth-order valence-corrected chi connectivity index (χ4v) is 6.69. The van der Waals surface area contributed by atoms with Crippen LogP contribution >= 0.6 is 0 Å². The predicted octanol–water partition coefficient (Wildman–Crippen LogP) is 7.93. The van der Waals surface area contributed by atoms with Gasteiger partial charge in [-0.05, 0) is 62.4 Å². The Morgan fingerprint density at radius 1 is 0.977 bits per heavy atom. The second-order valence-corrected chi connectivity index (χ2v) is 11.4. The van der Waals surface area contributed by atoms with Crippen molar-refractivity contribution in [3.05, 3.63) is 75.9 Å². The highest BCUT2D eigenvalue weighted by atomic mass is 19.4. The Bertz CT molecular complexity index is 1460. The second-order valence-electron chi connectivity index (χ2n) is 11.4. The van der Waals surface area contributed by atoms with E-state index in [-0.39, 0.29) is 30.9 Å². The molecule has 0 bridgehead atoms. The first-order valence-corrected chi connectivity index (χ1v) is 14.2. The summed E-state index contributed by atoms with van der Waals surface area (Å²) < 4.78 is 87.2. The number of halogens is 6. The first-order chi connectivity index (χ1) is 20.2. The molecule has 3 aliphatic rings. The minimum absolute atomic E-state index is 0.0266. The lowest BCUT2D eigenvalue weighted by atomic mass is 9.70. The molecular weight excluding hydrogens is 576 g/mol. The number of phenols is 1. The van der Waals surface area contributed by atoms with Gasteiger partial charge in [-0.2, -0.15) is 26.3 Å². The molecule has 2 heterocycles. The van der Waals surface area contributed by atoms with Crippen LogP contribution in [-0.2, 0) is 26.7 Å². The van der Waals surface area contributed by atoms with Crippen LogP contribution in [0.15, 0.2) is 59.2 Å². The van der Waals surface area contributed by atoms with Gasteiger partial charge in [-0.1, -0.05) is 48.8 Å². The first kappa shape index (κ1) is 30.8. The number of nitrogens with zero attached hydrogens (tertiary/aromatic N) is 1. The third-order valence-electron chi connectivity index (χ3n) is 8.58. The molecule has 5 nitrogen and oxygen atoms in total. The molecule has 4 atom stereocenters. The number of amides is 2. The van der Waals surface area contributed by atoms with E-state index in [1.54, 1.807) is 12.1 Å². The van der Waals surface area contributed by atoms with Crippen LogP contribution in [0.2, 0.25) is 0 Å². The van der Waals surface area contributed by atoms with E-state index in [9.17, 15) is 41.0 Å². The van der Waals surface area contributed by atoms with Crippen LogP contribution in [0.3, 0.4) is 0 Å². The molecule has 2 amide bonds. The van der Waals surface area contributed by atoms with Crippen LogP contribution in [0.25, 0.3) is 6.08 Å². The van der Waals surface area contributed by atoms with Crippen molar-refractivity contribution in [1.82, 2.24) is 0 Å². The molecule has 0 radical (unpaired) electrons. The van der Waals surface area contributed by atoms with Crippen molar-refractivity contribution in [2.75, 3.05) is 11.5 Å². The van der Waals surface area contributed by atoms with Gasteiger partial charge in [0.25, 0.3) is 0 Å². The number of allylic oxidation sites excluding steroid dienone is 2. The minimum Gasteiger partial charge on any atom is -0.507 e. The Labute approximate surface area is 244 Å². The summed E-state index contributed by atoms with van der Waals surface area (Å²) in [5, 5.41) is 10.2. The van der Waals surface area contributed by atoms with Gasteiger partial charge >= 0.3 is 12.4 Å². The predicted molar refractivity (Wildman–Crippen MR) is 147 cm³/mol. The van der Waals surface area contributed by atoms with Crippen molar-refractivity contribution >= 4 is 23.6 Å². The maximum absolute atomic E-state index is 13.6. The Morgan fingerprint density at radius 3 is 2.23 bits per heavy atom. The lowest BCUT2D eigenvalue weighted by Gasteiger charge is -2.30. The molecule has 2 fully saturated rings. The average Bonchev–Trinajstić information content (AvgIpc) is 3.46. The number of benzene rings is 2. The fraction of sp³-hybridized carbons (Fsp3) is 0.438. The van der Waals surface area contributed by atoms with Crippen LogP contribution in [0, 0.1) is 17.8 Å². The summed E-state index contributed by atoms with van der Waals surface area (Å²) in [5.74, 6) is -3.79. The van der Waals surface area contributed by atoms with Crippen molar-refractivity contribution in [1.29, 1.82) is 0 Å². The number of hydrogen-bond donors (Lipinski definition) is 1. The number of ether oxygens (including phenoxy) is 1. The number of anilines is 1. The number of aromatic hydroxyl groups is 1. The molecule has 0 aromatic heterocycles. The van der Waals surface area contributed by atoms with Crippen LogP contribution in [0.1, 0.15) is 62.6 Å². The smallest absolute Gasteiger partial charge is 0.416 e. The number of alkyl halides is 6. The quantitative estimate of drug-likeness (QED) is 0.197. The summed E-state index contributed by atoms with van der Waals surface area (Å²) >= 11 is 0. The van der Waals surface area contributed by atoms with E-state index in [4.69, 9.17) is 4.74 Å². The zero-order valence-corrected chi connectivity index (χ0v) is 23.6. The van der Waals surface area contributed by atoms with Gasteiger partial charge in [0, 0.05) is 11.5 Å². The second kappa shape index (κ2) is 11.5. The van der Waals surface area contributed by atoms with E-state index in [0.29, 0.717) is 35.4 Å². The molecule has 0 unspecified atom stereocenters. The number of hydrogen-bond acceptors (Lipinski definition) is 4. The number of imide groups is 1. The van der Waals surface area contributed by atoms with E-state index in [1.165, 1.54) is 0 Å². The van der Waals surface area contributed by atoms with Gasteiger partial charge in [-0.3, -0.25) is 9.59 Å². The van der Waals surface area contributed by atoms with Crippen LogP contribution in [-0.4, -0.2) is 29.6 Å². The molecule has 1 N–H and O–H groups in total. The van der Waals surface area contributed by atoms with Crippen LogP contribution < -0.4 is 4.90 Å². The van der Waals surface area contributed by atoms with E-state index in [2.05, 4.69) is 0 Å². The highest BCUT2D eigenvalue weighted by Crippen LogP contribution is 2.51. The maximum atomic E-state index is 13.6. The molecule has 2 aliphatic heterocycles. The van der Waals surface area contributed by atoms with Gasteiger partial charge in [-0.25, -0.2) is 4.90 Å². The summed E-state index contributed by atoms with van der Waals surface area (Å²) in [6, 6.07) is 7.81. The van der Waals surface area contributed by atoms with Crippen molar-refractivity contribution in [3.63, 3.8) is 0 Å². The first-order valence-electron chi connectivity index (χ1n) is 14.2. The lowest BCUT2D eigenvalue weighted by Crippen LogP contribution is -2.34. The summed E-state index contributed by atoms with van der Waals surface area (Å²) in [6.07, 6.45) is -5.56. The number of carbonyl (C=O) groups excluding carboxylic acids is 2. The molecule has 0 spiro atoms. The third-order valence-corrected chi connectivity index (χ3v) is 8.58. The Balaban J connectivity index is 1.40. The van der Waals surface area contributed by atoms with Crippen molar-refractivity contribution in [3.8, 4) is 5.75 Å². The SMILES string of the molecule is CCC/C(=C\c1ccccc1O)CC[C@H]1OC[C@H]2C1=C(C)C[C@H]1C(=O)N(c3cc(C(F)(F)F)cc(C(F)(F)F)c3)C(=O)[C@H]12. The lowest BCUT2D eigenvalue weighted by molar-refractivity contribution is -0.143. The number of phenolic OH excluding ortho intramolecular Hbond substituents is 1. The summed E-state index contributed by atoms with van der Waals surface area (Å²) in [5.41, 5.74) is -0.392. The molecule has 2 aromatic rings. The van der Waals surface area contributed by atoms with Crippen molar-refractivity contribution in [2.45, 2.75) is 64.4 Å². The Morgan fingerprint density at radius 2 is 1.63 bits per heavy atom. The fourth-order valence-electron chi connectivity index (χ4n) is 6.69. The highest BCUT2D eigenvalue weighted by Gasteiger charge is 2.57. The Hall–Kier alpha value is -3.60. The molecule has 5 rings (SSSR count). The minimum atomic E-state index is -5.11. The summed E-state index contributed by atoms with van der Waals surface area (Å²) in [7, 11) is 0. The molecule has 11 heteroatoms. The largest absolute Gasteiger partial charge is 0.507 e. The molecule has 0 saturated carbocycles. The topological polar surface area (TPSA) is 66.8 Å². The number of rotatable bonds is 7. The maximum Gasteiger partial charge on any atom is 0.416 e. The van der Waals surface area contributed by atoms with E-state index in [1.807, 2.05) is 32.1 Å². The van der Waals surface area contributed by atoms with Crippen LogP contribution in [0.4, 0.5) is 32.0 Å². The van der Waals surface area contributed by atoms with E-state index >= 15 is 0 Å². The average molecular weight is 608 g/mol. The summed E-state index contributed by atoms with van der Waals surface area (Å²) in [4.78, 5) is 27.6. The number of fused-ring (bicyclic) bond motifs is 3. The highest BCUT2D eigenvalue weighted by molar-refractivity contribution is 6.22. The molecule has 43 heavy (non-hydrogen) atoms. The normalized spacial score (nSPS) is 24.6. The molecule has 2 aromatic carbocycles. The van der Waals surface area contributed by atoms with Crippen LogP contribution in [0.5, 0.6) is 5.75 Å². The van der Waals surface area contributed by atoms with Gasteiger partial charge in [0.15, 0.2) is 0 Å². The van der Waals surface area contributed by atoms with Gasteiger partial charge in [0.05, 0.1) is 41.4 Å². The van der Waals surface area contributed by atoms with Gasteiger partial charge in [0.1, 0.15) is 5.75 Å². The zero-order chi connectivity index (χ0) is 31.3. The van der Waals surface area contributed by atoms with E-state index < -0.39 is 58.7 Å². The molecule has 230 valence electrons. The van der Waals surface area contributed by atoms with Crippen molar-refractivity contribution in [2.24, 2.45) is 17.8 Å². The van der Waals surface area contributed by atoms with Gasteiger partial charge in [-0.15, -0.1) is 0 Å². The standard InChI is InChI=1S/C32H31F6NO4/c1-3-6-18(12-19-7-4-5-8-25(19)40)9-10-26-27-17(2)11-23-28(24(27)16-43-26)30(42)39(29(23)41)22-14-20(31(33,34)35)13-21(15-22)32(36,37)38/h4-5,7-8,12-15,23-24,26,28,40H,3,6,9-11,16H2,1-2H3/b18-12+/t23-,24+,26-,28-/m1/s1. The monoisotopic (exact) mass is 607 g/mol. The molecular formula is C32H31F6NO4. The molecule has 1 aliphatic carbocycles. The third kappa shape index (κ3) is 5.96. The van der Waals surface area contributed by atoms with Gasteiger partial charge in [0.2, 0.25) is 11.8 Å². The molecule has 2 saturated heterocycles. The van der Waals surface area contributed by atoms with E-state index in [0.717, 1.165) is 29.6 Å². The Kier molecular flexibility index (Phi) is 8.24. The zero-order valence-electron chi connectivity index (χ0n) is 23.6. The summed E-state index contributed by atoms with van der Waals surface area (Å²) in [6.45, 7) is 4.00. The van der Waals surface area contributed by atoms with Crippen molar-refractivity contribution < 1.29 is 45.8 Å². The number of para-hydroxylation sites is 1. The van der Waals surface area contributed by atoms with Gasteiger partial charge < -0.3 is 9.84 Å². The number of carbonyl (C=O) groups is 2.